The van der Waals surface area contributed by atoms with E-state index in [1.807, 2.05) is 25.1 Å². The van der Waals surface area contributed by atoms with Crippen LogP contribution < -0.4 is 5.32 Å². The third-order valence-corrected chi connectivity index (χ3v) is 4.81. The van der Waals surface area contributed by atoms with Crippen LogP contribution in [0, 0.1) is 6.92 Å². The van der Waals surface area contributed by atoms with Crippen LogP contribution in [0.25, 0.3) is 0 Å². The zero-order valence-electron chi connectivity index (χ0n) is 11.1. The lowest BCUT2D eigenvalue weighted by molar-refractivity contribution is 0.443. The highest BCUT2D eigenvalue weighted by atomic mass is 35.5. The molecular formula is C14H19ClN2S. The molecule has 0 aromatic heterocycles. The molecule has 0 saturated carbocycles. The van der Waals surface area contributed by atoms with Crippen molar-refractivity contribution in [2.75, 3.05) is 11.1 Å². The second kappa shape index (κ2) is 5.54. The van der Waals surface area contributed by atoms with E-state index in [1.165, 1.54) is 0 Å². The Hall–Kier alpha value is -0.670. The van der Waals surface area contributed by atoms with Crippen LogP contribution in [0.2, 0.25) is 5.02 Å². The number of hydrogen-bond acceptors (Lipinski definition) is 3. The van der Waals surface area contributed by atoms with E-state index in [0.29, 0.717) is 0 Å². The van der Waals surface area contributed by atoms with Gasteiger partial charge in [0.05, 0.1) is 5.54 Å². The van der Waals surface area contributed by atoms with Gasteiger partial charge in [-0.15, -0.1) is 0 Å². The van der Waals surface area contributed by atoms with Crippen molar-refractivity contribution in [2.45, 2.75) is 39.2 Å². The van der Waals surface area contributed by atoms with E-state index < -0.39 is 0 Å². The first-order valence-electron chi connectivity index (χ1n) is 6.29. The van der Waals surface area contributed by atoms with Crippen LogP contribution in [0.3, 0.4) is 0 Å². The van der Waals surface area contributed by atoms with Crippen molar-refractivity contribution < 1.29 is 0 Å². The number of thioether (sulfide) groups is 1. The fourth-order valence-corrected chi connectivity index (χ4v) is 3.26. The van der Waals surface area contributed by atoms with E-state index in [9.17, 15) is 0 Å². The van der Waals surface area contributed by atoms with Gasteiger partial charge in [-0.3, -0.25) is 4.99 Å². The minimum Gasteiger partial charge on any atom is -0.335 e. The molecule has 1 heterocycles. The van der Waals surface area contributed by atoms with Crippen LogP contribution in [0.15, 0.2) is 23.2 Å². The van der Waals surface area contributed by atoms with E-state index in [1.54, 1.807) is 11.8 Å². The first kappa shape index (κ1) is 13.8. The lowest BCUT2D eigenvalue weighted by Gasteiger charge is -2.29. The van der Waals surface area contributed by atoms with Crippen LogP contribution in [0.1, 0.15) is 32.3 Å². The number of rotatable bonds is 2. The molecular weight excluding hydrogens is 264 g/mol. The second-order valence-corrected chi connectivity index (χ2v) is 6.39. The molecule has 4 heteroatoms. The molecule has 0 bridgehead atoms. The molecule has 1 aromatic carbocycles. The summed E-state index contributed by atoms with van der Waals surface area (Å²) in [5, 5.41) is 5.21. The van der Waals surface area contributed by atoms with Crippen LogP contribution in [-0.4, -0.2) is 16.5 Å². The Kier molecular flexibility index (Phi) is 4.23. The summed E-state index contributed by atoms with van der Waals surface area (Å²) in [5.41, 5.74) is 2.21. The van der Waals surface area contributed by atoms with Gasteiger partial charge in [0.1, 0.15) is 0 Å². The first-order chi connectivity index (χ1) is 8.54. The van der Waals surface area contributed by atoms with Gasteiger partial charge in [0.25, 0.3) is 0 Å². The molecule has 0 aliphatic carbocycles. The molecule has 2 rings (SSSR count). The Morgan fingerprint density at radius 2 is 2.28 bits per heavy atom. The highest BCUT2D eigenvalue weighted by molar-refractivity contribution is 8.14. The molecule has 1 aromatic rings. The van der Waals surface area contributed by atoms with Gasteiger partial charge in [-0.2, -0.15) is 0 Å². The van der Waals surface area contributed by atoms with Crippen LogP contribution in [-0.2, 0) is 0 Å². The van der Waals surface area contributed by atoms with Crippen molar-refractivity contribution >= 4 is 34.2 Å². The van der Waals surface area contributed by atoms with E-state index in [-0.39, 0.29) is 5.54 Å². The maximum Gasteiger partial charge on any atom is 0.161 e. The summed E-state index contributed by atoms with van der Waals surface area (Å²) in [6.07, 6.45) is 2.22. The number of amidine groups is 1. The number of nitrogens with zero attached hydrogens (tertiary/aromatic N) is 1. The van der Waals surface area contributed by atoms with E-state index >= 15 is 0 Å². The molecule has 0 fully saturated rings. The average Bonchev–Trinajstić information content (AvgIpc) is 2.35. The Morgan fingerprint density at radius 3 is 3.00 bits per heavy atom. The number of hydrogen-bond donors (Lipinski definition) is 1. The topological polar surface area (TPSA) is 24.4 Å². The van der Waals surface area contributed by atoms with Gasteiger partial charge in [-0.05, 0) is 44.4 Å². The molecule has 0 radical (unpaired) electrons. The summed E-state index contributed by atoms with van der Waals surface area (Å²) in [6.45, 7) is 6.44. The van der Waals surface area contributed by atoms with Crippen molar-refractivity contribution in [3.63, 3.8) is 0 Å². The third-order valence-electron chi connectivity index (χ3n) is 3.52. The Balaban J connectivity index is 2.21. The van der Waals surface area contributed by atoms with Crippen LogP contribution in [0.4, 0.5) is 5.69 Å². The molecule has 0 saturated heterocycles. The number of nitrogens with one attached hydrogen (secondary N) is 1. The molecule has 1 aliphatic heterocycles. The van der Waals surface area contributed by atoms with E-state index in [0.717, 1.165) is 40.0 Å². The molecule has 1 N–H and O–H groups in total. The van der Waals surface area contributed by atoms with Gasteiger partial charge in [0.2, 0.25) is 0 Å². The summed E-state index contributed by atoms with van der Waals surface area (Å²) in [5.74, 6) is 1.12. The SMILES string of the molecule is CCC1(C)CCSC(Nc2cccc(Cl)c2C)=N1. The van der Waals surface area contributed by atoms with Crippen LogP contribution >= 0.6 is 23.4 Å². The maximum atomic E-state index is 6.13. The number of benzene rings is 1. The highest BCUT2D eigenvalue weighted by Crippen LogP contribution is 2.31. The van der Waals surface area contributed by atoms with Crippen molar-refractivity contribution in [2.24, 2.45) is 4.99 Å². The molecule has 1 atom stereocenters. The molecule has 1 aliphatic rings. The summed E-state index contributed by atoms with van der Waals surface area (Å²) in [4.78, 5) is 4.82. The smallest absolute Gasteiger partial charge is 0.161 e. The summed E-state index contributed by atoms with van der Waals surface area (Å²) < 4.78 is 0. The Morgan fingerprint density at radius 1 is 1.50 bits per heavy atom. The van der Waals surface area contributed by atoms with E-state index in [4.69, 9.17) is 16.6 Å². The number of aliphatic imine (C=N–C) groups is 1. The van der Waals surface area contributed by atoms with Gasteiger partial charge in [-0.1, -0.05) is 36.4 Å². The van der Waals surface area contributed by atoms with Gasteiger partial charge >= 0.3 is 0 Å². The van der Waals surface area contributed by atoms with Crippen molar-refractivity contribution in [1.82, 2.24) is 0 Å². The molecule has 0 spiro atoms. The van der Waals surface area contributed by atoms with Crippen LogP contribution in [0.5, 0.6) is 0 Å². The minimum atomic E-state index is 0.0834. The molecule has 0 amide bonds. The quantitative estimate of drug-likeness (QED) is 0.849. The first-order valence-corrected chi connectivity index (χ1v) is 7.65. The summed E-state index contributed by atoms with van der Waals surface area (Å²) >= 11 is 7.91. The zero-order valence-corrected chi connectivity index (χ0v) is 12.7. The van der Waals surface area contributed by atoms with Gasteiger partial charge < -0.3 is 5.32 Å². The van der Waals surface area contributed by atoms with Crippen molar-refractivity contribution in [3.8, 4) is 0 Å². The third kappa shape index (κ3) is 3.01. The molecule has 1 unspecified atom stereocenters. The number of halogens is 1. The predicted octanol–water partition coefficient (Wildman–Crippen LogP) is 4.72. The Bertz CT molecular complexity index is 473. The normalized spacial score (nSPS) is 23.7. The fourth-order valence-electron chi connectivity index (χ4n) is 1.88. The van der Waals surface area contributed by atoms with Gasteiger partial charge in [0, 0.05) is 16.5 Å². The molecule has 2 nitrogen and oxygen atoms in total. The van der Waals surface area contributed by atoms with Gasteiger partial charge in [-0.25, -0.2) is 0 Å². The van der Waals surface area contributed by atoms with Gasteiger partial charge in [0.15, 0.2) is 5.17 Å². The minimum absolute atomic E-state index is 0.0834. The molecule has 18 heavy (non-hydrogen) atoms. The second-order valence-electron chi connectivity index (χ2n) is 4.90. The van der Waals surface area contributed by atoms with Crippen molar-refractivity contribution in [3.05, 3.63) is 28.8 Å². The summed E-state index contributed by atoms with van der Waals surface area (Å²) in [6, 6.07) is 5.92. The number of anilines is 1. The highest BCUT2D eigenvalue weighted by Gasteiger charge is 2.26. The average molecular weight is 283 g/mol. The molecule has 98 valence electrons. The van der Waals surface area contributed by atoms with Crippen molar-refractivity contribution in [1.29, 1.82) is 0 Å². The lowest BCUT2D eigenvalue weighted by atomic mass is 9.97. The zero-order chi connectivity index (χ0) is 13.2. The predicted molar refractivity (Wildman–Crippen MR) is 83.0 cm³/mol. The maximum absolute atomic E-state index is 6.13. The largest absolute Gasteiger partial charge is 0.335 e. The Labute approximate surface area is 118 Å². The summed E-state index contributed by atoms with van der Waals surface area (Å²) in [7, 11) is 0. The standard InChI is InChI=1S/C14H19ClN2S/c1-4-14(3)8-9-18-13(17-14)16-12-7-5-6-11(15)10(12)2/h5-7H,4,8-9H2,1-3H3,(H,16,17). The lowest BCUT2D eigenvalue weighted by Crippen LogP contribution is -2.29. The fraction of sp³-hybridized carbons (Fsp3) is 0.500. The van der Waals surface area contributed by atoms with E-state index in [2.05, 4.69) is 19.2 Å². The monoisotopic (exact) mass is 282 g/mol.